The van der Waals surface area contributed by atoms with Crippen LogP contribution < -0.4 is 10.5 Å². The summed E-state index contributed by atoms with van der Waals surface area (Å²) >= 11 is 1.33. The first-order valence-corrected chi connectivity index (χ1v) is 13.7. The van der Waals surface area contributed by atoms with Crippen molar-refractivity contribution in [1.82, 2.24) is 24.8 Å². The second-order valence-electron chi connectivity index (χ2n) is 10.9. The number of halogens is 1. The minimum Gasteiger partial charge on any atom is -0.474 e. The van der Waals surface area contributed by atoms with E-state index in [1.54, 1.807) is 31.5 Å². The maximum Gasteiger partial charge on any atom is 0.265 e. The molecule has 0 spiro atoms. The number of fused-ring (bicyclic) bond motifs is 1. The van der Waals surface area contributed by atoms with Crippen LogP contribution in [0.1, 0.15) is 40.3 Å². The van der Waals surface area contributed by atoms with Crippen LogP contribution in [-0.4, -0.2) is 49.9 Å². The maximum atomic E-state index is 14.3. The van der Waals surface area contributed by atoms with E-state index in [-0.39, 0.29) is 29.7 Å². The first kappa shape index (κ1) is 25.5. The van der Waals surface area contributed by atoms with E-state index in [0.29, 0.717) is 57.2 Å². The van der Waals surface area contributed by atoms with Crippen molar-refractivity contribution in [3.63, 3.8) is 0 Å². The highest BCUT2D eigenvalue weighted by Gasteiger charge is 2.59. The molecule has 6 rings (SSSR count). The summed E-state index contributed by atoms with van der Waals surface area (Å²) in [5.74, 6) is 1.14. The van der Waals surface area contributed by atoms with Gasteiger partial charge in [-0.3, -0.25) is 4.79 Å². The molecular weight excluding hydrogens is 515 g/mol. The molecule has 3 atom stereocenters. The number of pyridine rings is 1. The zero-order chi connectivity index (χ0) is 27.5. The zero-order valence-corrected chi connectivity index (χ0v) is 23.0. The lowest BCUT2D eigenvalue weighted by molar-refractivity contribution is 0.0755. The van der Waals surface area contributed by atoms with Gasteiger partial charge in [0, 0.05) is 54.5 Å². The Bertz CT molecular complexity index is 1560. The van der Waals surface area contributed by atoms with Crippen LogP contribution >= 0.6 is 11.3 Å². The number of aryl methyl sites for hydroxylation is 2. The van der Waals surface area contributed by atoms with Crippen LogP contribution in [-0.2, 0) is 5.54 Å². The number of hydrogen-bond donors (Lipinski definition) is 1. The second-order valence-corrected chi connectivity index (χ2v) is 11.9. The van der Waals surface area contributed by atoms with Crippen molar-refractivity contribution in [3.8, 4) is 28.0 Å². The van der Waals surface area contributed by atoms with Gasteiger partial charge in [0.15, 0.2) is 10.8 Å². The van der Waals surface area contributed by atoms with Crippen LogP contribution in [0.2, 0.25) is 0 Å². The van der Waals surface area contributed by atoms with E-state index >= 15 is 0 Å². The summed E-state index contributed by atoms with van der Waals surface area (Å²) in [6.07, 6.45) is 3.29. The Morgan fingerprint density at radius 2 is 1.82 bits per heavy atom. The van der Waals surface area contributed by atoms with Crippen molar-refractivity contribution in [2.45, 2.75) is 39.3 Å². The summed E-state index contributed by atoms with van der Waals surface area (Å²) < 4.78 is 20.6. The Balaban J connectivity index is 1.17. The molecule has 0 unspecified atom stereocenters. The number of aromatic nitrogens is 4. The monoisotopic (exact) mass is 544 g/mol. The maximum absolute atomic E-state index is 14.3. The van der Waals surface area contributed by atoms with Crippen molar-refractivity contribution in [2.24, 2.45) is 17.6 Å². The average Bonchev–Trinajstić information content (AvgIpc) is 3.22. The van der Waals surface area contributed by atoms with E-state index < -0.39 is 5.54 Å². The molecule has 4 heterocycles. The fourth-order valence-corrected chi connectivity index (χ4v) is 6.02. The van der Waals surface area contributed by atoms with Crippen molar-refractivity contribution in [1.29, 1.82) is 0 Å². The minimum absolute atomic E-state index is 0.0215. The van der Waals surface area contributed by atoms with E-state index in [4.69, 9.17) is 15.5 Å². The molecular formula is C29H29FN6O2S. The lowest BCUT2D eigenvalue weighted by atomic mass is 9.94. The number of carbonyl (C=O) groups is 1. The highest BCUT2D eigenvalue weighted by atomic mass is 32.1. The van der Waals surface area contributed by atoms with Crippen LogP contribution in [0.25, 0.3) is 22.1 Å². The van der Waals surface area contributed by atoms with Gasteiger partial charge in [0.1, 0.15) is 16.8 Å². The van der Waals surface area contributed by atoms with Gasteiger partial charge in [0.25, 0.3) is 5.91 Å². The largest absolute Gasteiger partial charge is 0.474 e. The Kier molecular flexibility index (Phi) is 6.19. The van der Waals surface area contributed by atoms with Gasteiger partial charge in [-0.05, 0) is 57.0 Å². The average molecular weight is 545 g/mol. The van der Waals surface area contributed by atoms with Crippen molar-refractivity contribution < 1.29 is 13.9 Å². The molecule has 1 aliphatic carbocycles. The van der Waals surface area contributed by atoms with Gasteiger partial charge >= 0.3 is 0 Å². The molecule has 2 fully saturated rings. The molecule has 4 aromatic rings. The number of ether oxygens (including phenoxy) is 1. The predicted octanol–water partition coefficient (Wildman–Crippen LogP) is 4.76. The first-order valence-electron chi connectivity index (χ1n) is 12.9. The molecule has 0 bridgehead atoms. The molecule has 1 amide bonds. The molecule has 2 N–H and O–H groups in total. The highest BCUT2D eigenvalue weighted by Crippen LogP contribution is 2.48. The molecule has 3 aromatic heterocycles. The Morgan fingerprint density at radius 3 is 2.49 bits per heavy atom. The third-order valence-electron chi connectivity index (χ3n) is 7.42. The fourth-order valence-electron chi connectivity index (χ4n) is 5.03. The standard InChI is InChI=1S/C29H29FN6O2S/c1-15-6-7-17(10-21(15)30)22-11-18(29(3,4)31)12-23(35-22)38-24-19-13-36(14-20(19)24)28(37)25-16(2)34-27(39-25)26-32-8-5-9-33-26/h5-12,19-20,24H,13-14,31H2,1-4H3/t19-,20+,24-. The molecule has 39 heavy (non-hydrogen) atoms. The number of amides is 1. The molecule has 1 aliphatic heterocycles. The molecule has 2 aliphatic rings. The second kappa shape index (κ2) is 9.46. The van der Waals surface area contributed by atoms with Crippen LogP contribution in [0, 0.1) is 31.5 Å². The smallest absolute Gasteiger partial charge is 0.265 e. The Hall–Kier alpha value is -3.76. The summed E-state index contributed by atoms with van der Waals surface area (Å²) in [5, 5.41) is 0.639. The van der Waals surface area contributed by atoms with Crippen LogP contribution in [0.15, 0.2) is 48.8 Å². The third-order valence-corrected chi connectivity index (χ3v) is 8.56. The number of piperidine rings is 1. The number of hydrogen-bond acceptors (Lipinski definition) is 8. The van der Waals surface area contributed by atoms with Crippen molar-refractivity contribution in [2.75, 3.05) is 13.1 Å². The first-order chi connectivity index (χ1) is 18.6. The van der Waals surface area contributed by atoms with Crippen LogP contribution in [0.3, 0.4) is 0 Å². The van der Waals surface area contributed by atoms with Crippen LogP contribution in [0.5, 0.6) is 5.88 Å². The lowest BCUT2D eigenvalue weighted by Gasteiger charge is -2.22. The van der Waals surface area contributed by atoms with Gasteiger partial charge in [-0.15, -0.1) is 11.3 Å². The van der Waals surface area contributed by atoms with E-state index in [1.807, 2.05) is 43.9 Å². The highest BCUT2D eigenvalue weighted by molar-refractivity contribution is 7.17. The summed E-state index contributed by atoms with van der Waals surface area (Å²) in [6, 6.07) is 10.6. The number of likely N-dealkylation sites (tertiary alicyclic amines) is 1. The van der Waals surface area contributed by atoms with Gasteiger partial charge in [-0.1, -0.05) is 12.1 Å². The van der Waals surface area contributed by atoms with E-state index in [9.17, 15) is 9.18 Å². The summed E-state index contributed by atoms with van der Waals surface area (Å²) in [6.45, 7) is 8.62. The zero-order valence-electron chi connectivity index (χ0n) is 22.2. The summed E-state index contributed by atoms with van der Waals surface area (Å²) in [5.41, 5.74) is 9.18. The van der Waals surface area contributed by atoms with Gasteiger partial charge in [-0.2, -0.15) is 0 Å². The lowest BCUT2D eigenvalue weighted by Crippen LogP contribution is -2.33. The molecule has 10 heteroatoms. The molecule has 0 radical (unpaired) electrons. The van der Waals surface area contributed by atoms with Gasteiger partial charge < -0.3 is 15.4 Å². The molecule has 1 aromatic carbocycles. The molecule has 1 saturated carbocycles. The fraction of sp³-hybridized carbons (Fsp3) is 0.345. The predicted molar refractivity (Wildman–Crippen MR) is 147 cm³/mol. The number of benzene rings is 1. The molecule has 1 saturated heterocycles. The summed E-state index contributed by atoms with van der Waals surface area (Å²) in [4.78, 5) is 33.5. The van der Waals surface area contributed by atoms with E-state index in [1.165, 1.54) is 17.4 Å². The van der Waals surface area contributed by atoms with Gasteiger partial charge in [0.05, 0.1) is 11.4 Å². The number of carbonyl (C=O) groups excluding carboxylic acids is 1. The Morgan fingerprint density at radius 1 is 1.10 bits per heavy atom. The number of nitrogens with zero attached hydrogens (tertiary/aromatic N) is 5. The number of thiazole rings is 1. The third kappa shape index (κ3) is 4.90. The molecule has 200 valence electrons. The van der Waals surface area contributed by atoms with Gasteiger partial charge in [0.2, 0.25) is 5.88 Å². The van der Waals surface area contributed by atoms with Gasteiger partial charge in [-0.25, -0.2) is 24.3 Å². The summed E-state index contributed by atoms with van der Waals surface area (Å²) in [7, 11) is 0. The van der Waals surface area contributed by atoms with Crippen molar-refractivity contribution in [3.05, 3.63) is 76.3 Å². The quantitative estimate of drug-likeness (QED) is 0.373. The number of rotatable bonds is 6. The number of nitrogens with two attached hydrogens (primary N) is 1. The SMILES string of the molecule is Cc1ccc(-c2cc(C(C)(C)N)cc(O[C@@H]3[C@@H]4CN(C(=O)c5sc(-c6ncccn6)nc5C)C[C@@H]43)n2)cc1F. The van der Waals surface area contributed by atoms with E-state index in [0.717, 1.165) is 5.56 Å². The topological polar surface area (TPSA) is 107 Å². The Labute approximate surface area is 230 Å². The minimum atomic E-state index is -0.627. The van der Waals surface area contributed by atoms with Crippen molar-refractivity contribution >= 4 is 17.2 Å². The molecule has 8 nitrogen and oxygen atoms in total. The normalized spacial score (nSPS) is 20.2. The van der Waals surface area contributed by atoms with Crippen LogP contribution in [0.4, 0.5) is 4.39 Å². The van der Waals surface area contributed by atoms with E-state index in [2.05, 4.69) is 15.0 Å².